The Hall–Kier alpha value is -3.46. The first-order chi connectivity index (χ1) is 15.5. The number of ether oxygens (including phenoxy) is 1. The Morgan fingerprint density at radius 1 is 1.09 bits per heavy atom. The number of aryl methyl sites for hydroxylation is 2. The van der Waals surface area contributed by atoms with Gasteiger partial charge in [-0.05, 0) is 51.0 Å². The van der Waals surface area contributed by atoms with Crippen LogP contribution in [0.15, 0.2) is 30.3 Å². The molecule has 0 radical (unpaired) electrons. The van der Waals surface area contributed by atoms with E-state index in [0.29, 0.717) is 30.1 Å². The lowest BCUT2D eigenvalue weighted by atomic mass is 10.2. The van der Waals surface area contributed by atoms with Crippen molar-refractivity contribution in [1.82, 2.24) is 29.9 Å². The summed E-state index contributed by atoms with van der Waals surface area (Å²) in [7, 11) is 1.63. The third-order valence-electron chi connectivity index (χ3n) is 5.11. The summed E-state index contributed by atoms with van der Waals surface area (Å²) in [6.07, 6.45) is 1.63. The van der Waals surface area contributed by atoms with E-state index in [0.717, 1.165) is 41.1 Å². The second-order valence-corrected chi connectivity index (χ2v) is 7.76. The molecule has 3 heterocycles. The Morgan fingerprint density at radius 2 is 1.91 bits per heavy atom. The molecule has 0 saturated carbocycles. The first-order valence-corrected chi connectivity index (χ1v) is 10.7. The van der Waals surface area contributed by atoms with Crippen LogP contribution in [-0.4, -0.2) is 50.7 Å². The summed E-state index contributed by atoms with van der Waals surface area (Å²) in [4.78, 5) is 21.1. The van der Waals surface area contributed by atoms with Crippen LogP contribution >= 0.6 is 11.6 Å². The number of halogens is 1. The summed E-state index contributed by atoms with van der Waals surface area (Å²) in [6, 6.07) is 9.18. The van der Waals surface area contributed by atoms with Gasteiger partial charge in [0.15, 0.2) is 5.82 Å². The Balaban J connectivity index is 1.36. The molecule has 1 amide bonds. The Kier molecular flexibility index (Phi) is 6.36. The van der Waals surface area contributed by atoms with Crippen molar-refractivity contribution in [3.8, 4) is 5.75 Å². The molecule has 0 unspecified atom stereocenters. The van der Waals surface area contributed by atoms with Crippen molar-refractivity contribution in [2.24, 2.45) is 0 Å². The molecule has 32 heavy (non-hydrogen) atoms. The van der Waals surface area contributed by atoms with E-state index in [2.05, 4.69) is 25.8 Å². The highest BCUT2D eigenvalue weighted by molar-refractivity contribution is 6.32. The van der Waals surface area contributed by atoms with Gasteiger partial charge in [-0.3, -0.25) is 9.20 Å². The summed E-state index contributed by atoms with van der Waals surface area (Å²) in [5, 5.41) is 14.9. The summed E-state index contributed by atoms with van der Waals surface area (Å²) in [5.41, 5.74) is 3.53. The molecule has 0 aliphatic heterocycles. The van der Waals surface area contributed by atoms with Crippen LogP contribution in [0.25, 0.3) is 16.7 Å². The molecule has 10 heteroatoms. The van der Waals surface area contributed by atoms with Gasteiger partial charge in [-0.1, -0.05) is 11.6 Å². The minimum absolute atomic E-state index is 0.219. The number of aromatic nitrogens is 5. The highest BCUT2D eigenvalue weighted by atomic mass is 35.5. The molecular weight excluding hydrogens is 430 g/mol. The highest BCUT2D eigenvalue weighted by Gasteiger charge is 2.14. The molecule has 3 aromatic heterocycles. The number of carbonyl (C=O) groups is 1. The van der Waals surface area contributed by atoms with Gasteiger partial charge < -0.3 is 15.4 Å². The Bertz CT molecular complexity index is 1290. The lowest BCUT2D eigenvalue weighted by Gasteiger charge is -2.11. The quantitative estimate of drug-likeness (QED) is 0.310. The standard InChI is InChI=1S/C22H24ClN7O2/c1-13-6-8-16(19(23)26-13)22(31)25-11-5-4-10-24-20-21-29-28-14(2)30(21)18-12-15(32-3)7-9-17(18)27-20/h6-9,12H,4-5,10-11H2,1-3H3,(H,24,27)(H,25,31). The maximum Gasteiger partial charge on any atom is 0.254 e. The van der Waals surface area contributed by atoms with Crippen molar-refractivity contribution in [2.45, 2.75) is 26.7 Å². The van der Waals surface area contributed by atoms with Crippen molar-refractivity contribution >= 4 is 40.0 Å². The predicted octanol–water partition coefficient (Wildman–Crippen LogP) is 3.57. The fourth-order valence-electron chi connectivity index (χ4n) is 3.45. The fourth-order valence-corrected chi connectivity index (χ4v) is 3.73. The number of rotatable bonds is 8. The van der Waals surface area contributed by atoms with E-state index < -0.39 is 0 Å². The van der Waals surface area contributed by atoms with Crippen LogP contribution in [-0.2, 0) is 0 Å². The van der Waals surface area contributed by atoms with Gasteiger partial charge in [0.2, 0.25) is 5.65 Å². The third kappa shape index (κ3) is 4.43. The number of anilines is 1. The van der Waals surface area contributed by atoms with E-state index in [1.165, 1.54) is 0 Å². The molecule has 0 bridgehead atoms. The van der Waals surface area contributed by atoms with Crippen molar-refractivity contribution < 1.29 is 9.53 Å². The molecule has 0 spiro atoms. The SMILES string of the molecule is COc1ccc2nc(NCCCCNC(=O)c3ccc(C)nc3Cl)c3nnc(C)n3c2c1. The molecule has 9 nitrogen and oxygen atoms in total. The number of hydrogen-bond acceptors (Lipinski definition) is 7. The molecule has 0 aliphatic rings. The maximum atomic E-state index is 12.3. The van der Waals surface area contributed by atoms with E-state index in [9.17, 15) is 4.79 Å². The smallest absolute Gasteiger partial charge is 0.254 e. The first kappa shape index (κ1) is 21.8. The zero-order chi connectivity index (χ0) is 22.7. The molecule has 0 saturated heterocycles. The van der Waals surface area contributed by atoms with Crippen LogP contribution in [0.3, 0.4) is 0 Å². The van der Waals surface area contributed by atoms with Gasteiger partial charge in [-0.2, -0.15) is 0 Å². The largest absolute Gasteiger partial charge is 0.497 e. The number of unbranched alkanes of at least 4 members (excludes halogenated alkanes) is 1. The van der Waals surface area contributed by atoms with E-state index in [4.69, 9.17) is 21.3 Å². The normalized spacial score (nSPS) is 11.1. The molecule has 0 fully saturated rings. The van der Waals surface area contributed by atoms with E-state index in [1.54, 1.807) is 19.2 Å². The number of nitrogens with one attached hydrogen (secondary N) is 2. The maximum absolute atomic E-state index is 12.3. The highest BCUT2D eigenvalue weighted by Crippen LogP contribution is 2.25. The van der Waals surface area contributed by atoms with E-state index >= 15 is 0 Å². The summed E-state index contributed by atoms with van der Waals surface area (Å²) < 4.78 is 7.30. The minimum atomic E-state index is -0.220. The second-order valence-electron chi connectivity index (χ2n) is 7.40. The van der Waals surface area contributed by atoms with Crippen LogP contribution in [0.2, 0.25) is 5.15 Å². The van der Waals surface area contributed by atoms with Gasteiger partial charge in [0.1, 0.15) is 16.7 Å². The van der Waals surface area contributed by atoms with Crippen LogP contribution < -0.4 is 15.4 Å². The van der Waals surface area contributed by atoms with E-state index in [1.807, 2.05) is 36.4 Å². The first-order valence-electron chi connectivity index (χ1n) is 10.3. The molecule has 4 rings (SSSR count). The summed E-state index contributed by atoms with van der Waals surface area (Å²) in [5.74, 6) is 1.97. The van der Waals surface area contributed by atoms with Crippen LogP contribution in [0, 0.1) is 13.8 Å². The molecule has 4 aromatic rings. The Morgan fingerprint density at radius 3 is 2.69 bits per heavy atom. The molecule has 1 aromatic carbocycles. The second kappa shape index (κ2) is 9.35. The summed E-state index contributed by atoms with van der Waals surface area (Å²) in [6.45, 7) is 4.95. The van der Waals surface area contributed by atoms with Gasteiger partial charge in [-0.15, -0.1) is 10.2 Å². The van der Waals surface area contributed by atoms with Gasteiger partial charge in [0.25, 0.3) is 5.91 Å². The van der Waals surface area contributed by atoms with Gasteiger partial charge >= 0.3 is 0 Å². The molecule has 166 valence electrons. The Labute approximate surface area is 190 Å². The zero-order valence-electron chi connectivity index (χ0n) is 18.1. The van der Waals surface area contributed by atoms with Crippen molar-refractivity contribution in [3.63, 3.8) is 0 Å². The number of fused-ring (bicyclic) bond motifs is 3. The average molecular weight is 454 g/mol. The molecule has 0 aliphatic carbocycles. The number of carbonyl (C=O) groups excluding carboxylic acids is 1. The number of methoxy groups -OCH3 is 1. The molecular formula is C22H24ClN7O2. The van der Waals surface area contributed by atoms with Crippen molar-refractivity contribution in [2.75, 3.05) is 25.5 Å². The summed E-state index contributed by atoms with van der Waals surface area (Å²) >= 11 is 6.05. The monoisotopic (exact) mass is 453 g/mol. The number of nitrogens with zero attached hydrogens (tertiary/aromatic N) is 5. The lowest BCUT2D eigenvalue weighted by molar-refractivity contribution is 0.0953. The number of amides is 1. The van der Waals surface area contributed by atoms with Gasteiger partial charge in [-0.25, -0.2) is 9.97 Å². The van der Waals surface area contributed by atoms with E-state index in [-0.39, 0.29) is 11.1 Å². The van der Waals surface area contributed by atoms with Crippen LogP contribution in [0.5, 0.6) is 5.75 Å². The van der Waals surface area contributed by atoms with Crippen molar-refractivity contribution in [1.29, 1.82) is 0 Å². The third-order valence-corrected chi connectivity index (χ3v) is 5.39. The average Bonchev–Trinajstić information content (AvgIpc) is 3.17. The zero-order valence-corrected chi connectivity index (χ0v) is 18.9. The molecule has 2 N–H and O–H groups in total. The molecule has 0 atom stereocenters. The number of pyridine rings is 1. The van der Waals surface area contributed by atoms with Crippen molar-refractivity contribution in [3.05, 3.63) is 52.6 Å². The van der Waals surface area contributed by atoms with Crippen LogP contribution in [0.1, 0.15) is 34.7 Å². The van der Waals surface area contributed by atoms with Gasteiger partial charge in [0.05, 0.1) is 23.7 Å². The predicted molar refractivity (Wildman–Crippen MR) is 124 cm³/mol. The number of hydrogen-bond donors (Lipinski definition) is 2. The minimum Gasteiger partial charge on any atom is -0.497 e. The topological polar surface area (TPSA) is 106 Å². The number of benzene rings is 1. The van der Waals surface area contributed by atoms with Gasteiger partial charge in [0, 0.05) is 24.8 Å². The lowest BCUT2D eigenvalue weighted by Crippen LogP contribution is -2.25. The van der Waals surface area contributed by atoms with Crippen LogP contribution in [0.4, 0.5) is 5.82 Å². The fraction of sp³-hybridized carbons (Fsp3) is 0.318.